The smallest absolute Gasteiger partial charge is 0.150 e. The average Bonchev–Trinajstić information content (AvgIpc) is 2.38. The Hall–Kier alpha value is -2.29. The van der Waals surface area contributed by atoms with Gasteiger partial charge in [-0.25, -0.2) is 0 Å². The summed E-state index contributed by atoms with van der Waals surface area (Å²) in [6.45, 7) is 0. The van der Waals surface area contributed by atoms with E-state index < -0.39 is 0 Å². The van der Waals surface area contributed by atoms with E-state index in [1.165, 1.54) is 0 Å². The lowest BCUT2D eigenvalue weighted by Crippen LogP contribution is -1.75. The molecule has 0 radical (unpaired) electrons. The Labute approximate surface area is 93.5 Å². The number of azo groups is 1. The maximum Gasteiger partial charge on any atom is 0.150 e. The molecular weight excluding hydrogens is 200 g/mol. The molecule has 0 atom stereocenters. The molecule has 0 saturated carbocycles. The lowest BCUT2D eigenvalue weighted by Gasteiger charge is -1.93. The minimum absolute atomic E-state index is 0.638. The van der Waals surface area contributed by atoms with Gasteiger partial charge in [0.2, 0.25) is 0 Å². The molecule has 2 rings (SSSR count). The van der Waals surface area contributed by atoms with Crippen LogP contribution in [0.15, 0.2) is 64.8 Å². The number of carbonyl (C=O) groups is 1. The Bertz CT molecular complexity index is 489. The third-order valence-electron chi connectivity index (χ3n) is 2.07. The standard InChI is InChI=1S/C13H10N2O/c16-10-11-6-8-13(9-7-11)15-14-12-4-2-1-3-5-12/h1-10H. The van der Waals surface area contributed by atoms with Crippen LogP contribution in [-0.4, -0.2) is 6.29 Å². The summed E-state index contributed by atoms with van der Waals surface area (Å²) < 4.78 is 0. The maximum absolute atomic E-state index is 10.4. The van der Waals surface area contributed by atoms with E-state index in [1.54, 1.807) is 24.3 Å². The van der Waals surface area contributed by atoms with E-state index in [0.717, 1.165) is 17.7 Å². The summed E-state index contributed by atoms with van der Waals surface area (Å²) in [6, 6.07) is 16.4. The molecule has 3 heteroatoms. The van der Waals surface area contributed by atoms with Crippen molar-refractivity contribution in [1.82, 2.24) is 0 Å². The molecule has 0 N–H and O–H groups in total. The first-order valence-electron chi connectivity index (χ1n) is 4.90. The van der Waals surface area contributed by atoms with Gasteiger partial charge in [0.1, 0.15) is 6.29 Å². The van der Waals surface area contributed by atoms with Crippen LogP contribution in [0.4, 0.5) is 11.4 Å². The van der Waals surface area contributed by atoms with E-state index in [-0.39, 0.29) is 0 Å². The van der Waals surface area contributed by atoms with E-state index >= 15 is 0 Å². The Kier molecular flexibility index (Phi) is 3.18. The lowest BCUT2D eigenvalue weighted by molar-refractivity contribution is 0.112. The normalized spacial score (nSPS) is 10.5. The highest BCUT2D eigenvalue weighted by molar-refractivity contribution is 5.75. The monoisotopic (exact) mass is 210 g/mol. The molecule has 0 amide bonds. The molecule has 0 aliphatic rings. The van der Waals surface area contributed by atoms with Crippen LogP contribution >= 0.6 is 0 Å². The number of rotatable bonds is 3. The molecule has 2 aromatic carbocycles. The first kappa shape index (κ1) is 10.2. The number of carbonyl (C=O) groups excluding carboxylic acids is 1. The topological polar surface area (TPSA) is 41.8 Å². The van der Waals surface area contributed by atoms with Crippen molar-refractivity contribution in [1.29, 1.82) is 0 Å². The molecule has 3 nitrogen and oxygen atoms in total. The van der Waals surface area contributed by atoms with Gasteiger partial charge in [0, 0.05) is 5.56 Å². The first-order chi connectivity index (χ1) is 7.88. The van der Waals surface area contributed by atoms with Crippen LogP contribution in [0.5, 0.6) is 0 Å². The fourth-order valence-corrected chi connectivity index (χ4v) is 1.23. The molecule has 0 bridgehead atoms. The quantitative estimate of drug-likeness (QED) is 0.559. The summed E-state index contributed by atoms with van der Waals surface area (Å²) in [4.78, 5) is 10.4. The van der Waals surface area contributed by atoms with Gasteiger partial charge in [0.15, 0.2) is 0 Å². The van der Waals surface area contributed by atoms with E-state index in [0.29, 0.717) is 5.56 Å². The molecule has 16 heavy (non-hydrogen) atoms. The molecular formula is C13H10N2O. The molecule has 0 aliphatic carbocycles. The second kappa shape index (κ2) is 4.98. The molecule has 0 saturated heterocycles. The number of hydrogen-bond donors (Lipinski definition) is 0. The van der Waals surface area contributed by atoms with Crippen molar-refractivity contribution in [3.05, 3.63) is 60.2 Å². The summed E-state index contributed by atoms with van der Waals surface area (Å²) in [6.07, 6.45) is 0.804. The largest absolute Gasteiger partial charge is 0.298 e. The molecule has 0 fully saturated rings. The summed E-state index contributed by atoms with van der Waals surface area (Å²) in [5.41, 5.74) is 2.18. The van der Waals surface area contributed by atoms with E-state index in [1.807, 2.05) is 30.3 Å². The Morgan fingerprint density at radius 1 is 0.750 bits per heavy atom. The highest BCUT2D eigenvalue weighted by Crippen LogP contribution is 2.17. The van der Waals surface area contributed by atoms with Crippen molar-refractivity contribution in [3.63, 3.8) is 0 Å². The van der Waals surface area contributed by atoms with Gasteiger partial charge in [-0.3, -0.25) is 4.79 Å². The number of aldehydes is 1. The van der Waals surface area contributed by atoms with Gasteiger partial charge in [-0.1, -0.05) is 18.2 Å². The molecule has 2 aromatic rings. The second-order valence-electron chi connectivity index (χ2n) is 3.24. The van der Waals surface area contributed by atoms with Crippen LogP contribution in [0, 0.1) is 0 Å². The van der Waals surface area contributed by atoms with Crippen molar-refractivity contribution in [2.75, 3.05) is 0 Å². The van der Waals surface area contributed by atoms with Gasteiger partial charge in [-0.2, -0.15) is 10.2 Å². The minimum atomic E-state index is 0.638. The van der Waals surface area contributed by atoms with E-state index in [4.69, 9.17) is 0 Å². The van der Waals surface area contributed by atoms with Crippen molar-refractivity contribution >= 4 is 17.7 Å². The van der Waals surface area contributed by atoms with Crippen LogP contribution in [0.3, 0.4) is 0 Å². The molecule has 78 valence electrons. The fraction of sp³-hybridized carbons (Fsp3) is 0. The number of benzene rings is 2. The van der Waals surface area contributed by atoms with Gasteiger partial charge in [0.25, 0.3) is 0 Å². The first-order valence-corrected chi connectivity index (χ1v) is 4.90. The molecule has 0 spiro atoms. The molecule has 0 aliphatic heterocycles. The lowest BCUT2D eigenvalue weighted by atomic mass is 10.2. The van der Waals surface area contributed by atoms with Crippen molar-refractivity contribution in [2.24, 2.45) is 10.2 Å². The number of nitrogens with zero attached hydrogens (tertiary/aromatic N) is 2. The molecule has 0 unspecified atom stereocenters. The molecule has 0 aromatic heterocycles. The Morgan fingerprint density at radius 2 is 1.31 bits per heavy atom. The van der Waals surface area contributed by atoms with Gasteiger partial charge >= 0.3 is 0 Å². The predicted octanol–water partition coefficient (Wildman–Crippen LogP) is 3.91. The van der Waals surface area contributed by atoms with Crippen LogP contribution in [-0.2, 0) is 0 Å². The summed E-state index contributed by atoms with van der Waals surface area (Å²) >= 11 is 0. The van der Waals surface area contributed by atoms with E-state index in [2.05, 4.69) is 10.2 Å². The minimum Gasteiger partial charge on any atom is -0.298 e. The van der Waals surface area contributed by atoms with E-state index in [9.17, 15) is 4.79 Å². The third kappa shape index (κ3) is 2.60. The molecule has 0 heterocycles. The van der Waals surface area contributed by atoms with Gasteiger partial charge < -0.3 is 0 Å². The Balaban J connectivity index is 2.14. The second-order valence-corrected chi connectivity index (χ2v) is 3.24. The Morgan fingerprint density at radius 3 is 1.88 bits per heavy atom. The highest BCUT2D eigenvalue weighted by atomic mass is 16.1. The van der Waals surface area contributed by atoms with Gasteiger partial charge in [-0.15, -0.1) is 0 Å². The zero-order valence-electron chi connectivity index (χ0n) is 8.58. The van der Waals surface area contributed by atoms with Crippen molar-refractivity contribution in [3.8, 4) is 0 Å². The fourth-order valence-electron chi connectivity index (χ4n) is 1.23. The van der Waals surface area contributed by atoms with Gasteiger partial charge in [0.05, 0.1) is 11.4 Å². The highest BCUT2D eigenvalue weighted by Gasteiger charge is 1.91. The zero-order chi connectivity index (χ0) is 11.2. The number of hydrogen-bond acceptors (Lipinski definition) is 3. The zero-order valence-corrected chi connectivity index (χ0v) is 8.58. The van der Waals surface area contributed by atoms with Crippen LogP contribution in [0.2, 0.25) is 0 Å². The summed E-state index contributed by atoms with van der Waals surface area (Å²) in [5, 5.41) is 8.13. The van der Waals surface area contributed by atoms with Crippen LogP contribution in [0.25, 0.3) is 0 Å². The van der Waals surface area contributed by atoms with Crippen molar-refractivity contribution in [2.45, 2.75) is 0 Å². The van der Waals surface area contributed by atoms with Crippen molar-refractivity contribution < 1.29 is 4.79 Å². The predicted molar refractivity (Wildman–Crippen MR) is 62.4 cm³/mol. The van der Waals surface area contributed by atoms with Crippen LogP contribution in [0.1, 0.15) is 10.4 Å². The maximum atomic E-state index is 10.4. The van der Waals surface area contributed by atoms with Gasteiger partial charge in [-0.05, 0) is 36.4 Å². The summed E-state index contributed by atoms with van der Waals surface area (Å²) in [7, 11) is 0. The SMILES string of the molecule is O=Cc1ccc(N=Nc2ccccc2)cc1. The van der Waals surface area contributed by atoms with Crippen LogP contribution < -0.4 is 0 Å². The average molecular weight is 210 g/mol. The summed E-state index contributed by atoms with van der Waals surface area (Å²) in [5.74, 6) is 0. The third-order valence-corrected chi connectivity index (χ3v) is 2.07.